The second kappa shape index (κ2) is 10.2. The predicted octanol–water partition coefficient (Wildman–Crippen LogP) is 11.5. The van der Waals surface area contributed by atoms with Crippen LogP contribution >= 0.6 is 0 Å². The van der Waals surface area contributed by atoms with Crippen molar-refractivity contribution in [2.75, 3.05) is 0 Å². The average molecular weight is 565 g/mol. The van der Waals surface area contributed by atoms with Crippen LogP contribution in [0.1, 0.15) is 19.4 Å². The Balaban J connectivity index is 1.48. The summed E-state index contributed by atoms with van der Waals surface area (Å²) in [6.45, 7) is 3.68. The molecule has 0 saturated heterocycles. The summed E-state index contributed by atoms with van der Waals surface area (Å²) < 4.78 is 0. The molecule has 0 heterocycles. The van der Waals surface area contributed by atoms with E-state index in [1.807, 2.05) is 26.0 Å². The van der Waals surface area contributed by atoms with Gasteiger partial charge in [-0.3, -0.25) is 0 Å². The standard InChI is InChI=1S/C43H32O/c1-43(2,44)36-15-9-14-32(26-36)33-22-23-39-40(27-33)42(35-21-19-29-11-4-6-13-31(29)25-35)38-17-8-7-16-37(38)41(39)34-20-18-28-10-3-5-12-30(28)24-34/h3-27,44H,1-2H3. The van der Waals surface area contributed by atoms with Crippen LogP contribution in [0.15, 0.2) is 152 Å². The number of rotatable bonds is 4. The van der Waals surface area contributed by atoms with E-state index in [2.05, 4.69) is 140 Å². The van der Waals surface area contributed by atoms with E-state index in [1.165, 1.54) is 65.3 Å². The SMILES string of the molecule is CC(C)(O)c1cccc(-c2ccc3c(-c4ccc5ccccc5c4)c4ccccc4c(-c4ccc5ccccc5c4)c3c2)c1. The van der Waals surface area contributed by atoms with Gasteiger partial charge < -0.3 is 5.11 Å². The first-order valence-electron chi connectivity index (χ1n) is 15.2. The lowest BCUT2D eigenvalue weighted by atomic mass is 9.84. The molecule has 0 unspecified atom stereocenters. The number of aliphatic hydroxyl groups is 1. The summed E-state index contributed by atoms with van der Waals surface area (Å²) >= 11 is 0. The number of hydrogen-bond donors (Lipinski definition) is 1. The van der Waals surface area contributed by atoms with E-state index in [1.54, 1.807) is 0 Å². The summed E-state index contributed by atoms with van der Waals surface area (Å²) in [5.41, 5.74) is 7.13. The molecule has 1 N–H and O–H groups in total. The topological polar surface area (TPSA) is 20.2 Å². The highest BCUT2D eigenvalue weighted by atomic mass is 16.3. The molecule has 0 spiro atoms. The Labute approximate surface area is 257 Å². The lowest BCUT2D eigenvalue weighted by molar-refractivity contribution is 0.0786. The number of benzene rings is 8. The molecule has 0 aliphatic rings. The van der Waals surface area contributed by atoms with Gasteiger partial charge in [0.25, 0.3) is 0 Å². The lowest BCUT2D eigenvalue weighted by Crippen LogP contribution is -2.15. The maximum atomic E-state index is 10.8. The highest BCUT2D eigenvalue weighted by Gasteiger charge is 2.19. The van der Waals surface area contributed by atoms with Gasteiger partial charge in [0.1, 0.15) is 0 Å². The van der Waals surface area contributed by atoms with Gasteiger partial charge in [0.15, 0.2) is 0 Å². The smallest absolute Gasteiger partial charge is 0.0840 e. The minimum absolute atomic E-state index is 0.903. The van der Waals surface area contributed by atoms with Crippen LogP contribution < -0.4 is 0 Å². The fourth-order valence-electron chi connectivity index (χ4n) is 6.75. The molecule has 0 aliphatic heterocycles. The fourth-order valence-corrected chi connectivity index (χ4v) is 6.75. The monoisotopic (exact) mass is 564 g/mol. The third kappa shape index (κ3) is 4.45. The Hall–Kier alpha value is -5.24. The van der Waals surface area contributed by atoms with E-state index in [4.69, 9.17) is 0 Å². The van der Waals surface area contributed by atoms with Crippen molar-refractivity contribution in [1.82, 2.24) is 0 Å². The number of hydrogen-bond acceptors (Lipinski definition) is 1. The molecule has 0 aromatic heterocycles. The molecule has 210 valence electrons. The van der Waals surface area contributed by atoms with Crippen molar-refractivity contribution in [2.45, 2.75) is 19.4 Å². The highest BCUT2D eigenvalue weighted by molar-refractivity contribution is 6.22. The first kappa shape index (κ1) is 26.4. The third-order valence-corrected chi connectivity index (χ3v) is 9.00. The molecular weight excluding hydrogens is 532 g/mol. The molecule has 0 aliphatic carbocycles. The normalized spacial score (nSPS) is 12.0. The van der Waals surface area contributed by atoms with Crippen LogP contribution in [0.25, 0.3) is 76.5 Å². The molecule has 0 atom stereocenters. The van der Waals surface area contributed by atoms with Crippen molar-refractivity contribution >= 4 is 43.1 Å². The maximum absolute atomic E-state index is 10.8. The molecule has 44 heavy (non-hydrogen) atoms. The summed E-state index contributed by atoms with van der Waals surface area (Å²) in [5.74, 6) is 0. The Kier molecular flexibility index (Phi) is 6.11. The Morgan fingerprint density at radius 2 is 0.841 bits per heavy atom. The van der Waals surface area contributed by atoms with Crippen molar-refractivity contribution in [3.05, 3.63) is 157 Å². The van der Waals surface area contributed by atoms with E-state index in [0.29, 0.717) is 0 Å². The van der Waals surface area contributed by atoms with Gasteiger partial charge in [-0.25, -0.2) is 0 Å². The maximum Gasteiger partial charge on any atom is 0.0840 e. The van der Waals surface area contributed by atoms with Gasteiger partial charge in [0, 0.05) is 0 Å². The van der Waals surface area contributed by atoms with Gasteiger partial charge in [0.2, 0.25) is 0 Å². The van der Waals surface area contributed by atoms with E-state index >= 15 is 0 Å². The molecule has 0 fully saturated rings. The summed E-state index contributed by atoms with van der Waals surface area (Å²) in [5, 5.41) is 20.6. The zero-order valence-corrected chi connectivity index (χ0v) is 24.9. The molecule has 0 radical (unpaired) electrons. The first-order valence-corrected chi connectivity index (χ1v) is 15.2. The molecule has 0 amide bonds. The summed E-state index contributed by atoms with van der Waals surface area (Å²) in [7, 11) is 0. The van der Waals surface area contributed by atoms with Crippen molar-refractivity contribution in [3.8, 4) is 33.4 Å². The van der Waals surface area contributed by atoms with Crippen LogP contribution in [0.3, 0.4) is 0 Å². The van der Waals surface area contributed by atoms with Crippen LogP contribution in [0.2, 0.25) is 0 Å². The van der Waals surface area contributed by atoms with Crippen molar-refractivity contribution < 1.29 is 5.11 Å². The summed E-state index contributed by atoms with van der Waals surface area (Å²) in [6, 6.07) is 54.8. The van der Waals surface area contributed by atoms with E-state index in [-0.39, 0.29) is 0 Å². The van der Waals surface area contributed by atoms with Crippen LogP contribution in [0.5, 0.6) is 0 Å². The zero-order valence-electron chi connectivity index (χ0n) is 24.9. The van der Waals surface area contributed by atoms with Gasteiger partial charge in [-0.1, -0.05) is 127 Å². The molecule has 8 aromatic rings. The average Bonchev–Trinajstić information content (AvgIpc) is 3.06. The van der Waals surface area contributed by atoms with Crippen LogP contribution in [0, 0.1) is 0 Å². The van der Waals surface area contributed by atoms with Crippen LogP contribution in [-0.2, 0) is 5.60 Å². The molecule has 1 heteroatoms. The van der Waals surface area contributed by atoms with E-state index in [9.17, 15) is 5.11 Å². The quantitative estimate of drug-likeness (QED) is 0.211. The molecule has 0 saturated carbocycles. The highest BCUT2D eigenvalue weighted by Crippen LogP contribution is 2.45. The van der Waals surface area contributed by atoms with Crippen molar-refractivity contribution in [1.29, 1.82) is 0 Å². The summed E-state index contributed by atoms with van der Waals surface area (Å²) in [4.78, 5) is 0. The largest absolute Gasteiger partial charge is 0.386 e. The van der Waals surface area contributed by atoms with Gasteiger partial charge in [-0.2, -0.15) is 0 Å². The van der Waals surface area contributed by atoms with Crippen LogP contribution in [-0.4, -0.2) is 5.11 Å². The zero-order chi connectivity index (χ0) is 29.8. The van der Waals surface area contributed by atoms with Gasteiger partial charge >= 0.3 is 0 Å². The minimum Gasteiger partial charge on any atom is -0.386 e. The van der Waals surface area contributed by atoms with Crippen LogP contribution in [0.4, 0.5) is 0 Å². The molecular formula is C43H32O. The minimum atomic E-state index is -0.914. The summed E-state index contributed by atoms with van der Waals surface area (Å²) in [6.07, 6.45) is 0. The molecule has 0 bridgehead atoms. The van der Waals surface area contributed by atoms with Gasteiger partial charge in [-0.15, -0.1) is 0 Å². The van der Waals surface area contributed by atoms with Gasteiger partial charge in [0.05, 0.1) is 5.60 Å². The molecule has 1 nitrogen and oxygen atoms in total. The third-order valence-electron chi connectivity index (χ3n) is 9.00. The van der Waals surface area contributed by atoms with E-state index in [0.717, 1.165) is 16.7 Å². The Morgan fingerprint density at radius 1 is 0.364 bits per heavy atom. The van der Waals surface area contributed by atoms with E-state index < -0.39 is 5.60 Å². The first-order chi connectivity index (χ1) is 21.4. The predicted molar refractivity (Wildman–Crippen MR) is 188 cm³/mol. The lowest BCUT2D eigenvalue weighted by Gasteiger charge is -2.20. The molecule has 8 rings (SSSR count). The Morgan fingerprint density at radius 3 is 1.43 bits per heavy atom. The van der Waals surface area contributed by atoms with Gasteiger partial charge in [-0.05, 0) is 120 Å². The second-order valence-electron chi connectivity index (χ2n) is 12.3. The van der Waals surface area contributed by atoms with Crippen molar-refractivity contribution in [2.24, 2.45) is 0 Å². The Bertz CT molecular complexity index is 2370. The fraction of sp³-hybridized carbons (Fsp3) is 0.0698. The number of fused-ring (bicyclic) bond motifs is 4. The second-order valence-corrected chi connectivity index (χ2v) is 12.3. The van der Waals surface area contributed by atoms with Crippen molar-refractivity contribution in [3.63, 3.8) is 0 Å². The molecule has 8 aromatic carbocycles.